The Bertz CT molecular complexity index is 3330. The molecule has 11 rings (SSSR count). The fraction of sp³-hybridized carbons (Fsp3) is 0. The van der Waals surface area contributed by atoms with Gasteiger partial charge in [-0.05, 0) is 137 Å². The lowest BCUT2D eigenvalue weighted by Gasteiger charge is -2.26. The van der Waals surface area contributed by atoms with Crippen molar-refractivity contribution in [2.24, 2.45) is 0 Å². The van der Waals surface area contributed by atoms with E-state index in [1.54, 1.807) is 0 Å². The first kappa shape index (κ1) is 37.7. The molecule has 0 fully saturated rings. The zero-order chi connectivity index (χ0) is 42.0. The van der Waals surface area contributed by atoms with Crippen LogP contribution in [0.5, 0.6) is 0 Å². The van der Waals surface area contributed by atoms with E-state index in [2.05, 4.69) is 266 Å². The summed E-state index contributed by atoms with van der Waals surface area (Å²) in [5.74, 6) is 0. The van der Waals surface area contributed by atoms with Crippen molar-refractivity contribution < 1.29 is 0 Å². The summed E-state index contributed by atoms with van der Waals surface area (Å²) in [6.07, 6.45) is 0. The summed E-state index contributed by atoms with van der Waals surface area (Å²) in [6, 6.07) is 94.6. The van der Waals surface area contributed by atoms with Gasteiger partial charge in [-0.2, -0.15) is 0 Å². The van der Waals surface area contributed by atoms with Gasteiger partial charge in [0.15, 0.2) is 0 Å². The molecule has 11 aromatic rings. The number of benzene rings is 11. The highest BCUT2D eigenvalue weighted by atomic mass is 15.1. The summed E-state index contributed by atoms with van der Waals surface area (Å²) in [6.45, 7) is 0. The van der Waals surface area contributed by atoms with Gasteiger partial charge in [-0.25, -0.2) is 0 Å². The van der Waals surface area contributed by atoms with E-state index in [0.717, 1.165) is 17.1 Å². The normalized spacial score (nSPS) is 11.2. The van der Waals surface area contributed by atoms with Crippen LogP contribution in [0, 0.1) is 0 Å². The van der Waals surface area contributed by atoms with E-state index in [4.69, 9.17) is 0 Å². The van der Waals surface area contributed by atoms with Gasteiger partial charge in [-0.3, -0.25) is 0 Å². The summed E-state index contributed by atoms with van der Waals surface area (Å²) in [5.41, 5.74) is 17.7. The van der Waals surface area contributed by atoms with Crippen LogP contribution in [-0.2, 0) is 0 Å². The Morgan fingerprint density at radius 1 is 0.190 bits per heavy atom. The molecule has 0 saturated heterocycles. The quantitative estimate of drug-likeness (QED) is 0.141. The number of nitrogens with zero attached hydrogens (tertiary/aromatic N) is 1. The maximum atomic E-state index is 2.37. The minimum Gasteiger partial charge on any atom is -0.311 e. The van der Waals surface area contributed by atoms with E-state index in [9.17, 15) is 0 Å². The number of anilines is 3. The molecule has 11 aromatic carbocycles. The van der Waals surface area contributed by atoms with Crippen molar-refractivity contribution in [2.45, 2.75) is 0 Å². The van der Waals surface area contributed by atoms with Crippen LogP contribution in [0.25, 0.3) is 88.3 Å². The Morgan fingerprint density at radius 2 is 0.603 bits per heavy atom. The predicted octanol–water partition coefficient (Wildman–Crippen LogP) is 17.5. The van der Waals surface area contributed by atoms with Crippen LogP contribution in [0.3, 0.4) is 0 Å². The van der Waals surface area contributed by atoms with Crippen molar-refractivity contribution >= 4 is 38.6 Å². The minimum absolute atomic E-state index is 1.09. The first-order valence-electron chi connectivity index (χ1n) is 21.7. The Kier molecular flexibility index (Phi) is 9.97. The second-order valence-corrected chi connectivity index (χ2v) is 16.1. The molecule has 0 aliphatic heterocycles. The molecule has 0 saturated carbocycles. The Labute approximate surface area is 369 Å². The second-order valence-electron chi connectivity index (χ2n) is 16.1. The highest BCUT2D eigenvalue weighted by Gasteiger charge is 2.16. The van der Waals surface area contributed by atoms with E-state index in [-0.39, 0.29) is 0 Å². The molecule has 0 bridgehead atoms. The van der Waals surface area contributed by atoms with Crippen molar-refractivity contribution in [1.29, 1.82) is 0 Å². The fourth-order valence-electron chi connectivity index (χ4n) is 8.99. The van der Waals surface area contributed by atoms with Crippen LogP contribution < -0.4 is 4.90 Å². The number of hydrogen-bond acceptors (Lipinski definition) is 1. The molecule has 0 amide bonds. The third-order valence-electron chi connectivity index (χ3n) is 12.3. The lowest BCUT2D eigenvalue weighted by Crippen LogP contribution is -2.09. The predicted molar refractivity (Wildman–Crippen MR) is 269 cm³/mol. The minimum atomic E-state index is 1.09. The maximum Gasteiger partial charge on any atom is 0.0462 e. The van der Waals surface area contributed by atoms with E-state index < -0.39 is 0 Å². The molecule has 0 aromatic heterocycles. The largest absolute Gasteiger partial charge is 0.311 e. The molecule has 0 atom stereocenters. The van der Waals surface area contributed by atoms with E-state index in [1.165, 1.54) is 88.3 Å². The van der Waals surface area contributed by atoms with Crippen LogP contribution in [0.1, 0.15) is 0 Å². The lowest BCUT2D eigenvalue weighted by molar-refractivity contribution is 1.28. The zero-order valence-electron chi connectivity index (χ0n) is 34.8. The van der Waals surface area contributed by atoms with Crippen LogP contribution in [0.4, 0.5) is 17.1 Å². The molecule has 1 heteroatoms. The first-order valence-corrected chi connectivity index (χ1v) is 21.7. The average molecular weight is 802 g/mol. The van der Waals surface area contributed by atoms with Crippen LogP contribution in [0.2, 0.25) is 0 Å². The van der Waals surface area contributed by atoms with E-state index in [1.807, 2.05) is 0 Å². The second kappa shape index (κ2) is 16.7. The summed E-state index contributed by atoms with van der Waals surface area (Å²) < 4.78 is 0. The van der Waals surface area contributed by atoms with E-state index in [0.29, 0.717) is 0 Å². The van der Waals surface area contributed by atoms with Gasteiger partial charge in [-0.15, -0.1) is 0 Å². The van der Waals surface area contributed by atoms with Crippen molar-refractivity contribution in [3.63, 3.8) is 0 Å². The topological polar surface area (TPSA) is 3.24 Å². The molecular formula is C62H43N. The van der Waals surface area contributed by atoms with Crippen molar-refractivity contribution in [3.05, 3.63) is 261 Å². The number of hydrogen-bond donors (Lipinski definition) is 0. The molecule has 0 aliphatic carbocycles. The Morgan fingerprint density at radius 3 is 1.22 bits per heavy atom. The van der Waals surface area contributed by atoms with Gasteiger partial charge in [-0.1, -0.05) is 212 Å². The summed E-state index contributed by atoms with van der Waals surface area (Å²) in [5, 5.41) is 5.01. The third-order valence-corrected chi connectivity index (χ3v) is 12.3. The molecule has 0 heterocycles. The van der Waals surface area contributed by atoms with Gasteiger partial charge < -0.3 is 4.90 Å². The first-order chi connectivity index (χ1) is 31.2. The van der Waals surface area contributed by atoms with Crippen LogP contribution >= 0.6 is 0 Å². The van der Waals surface area contributed by atoms with Gasteiger partial charge in [0, 0.05) is 17.1 Å². The molecule has 0 N–H and O–H groups in total. The summed E-state index contributed by atoms with van der Waals surface area (Å²) >= 11 is 0. The van der Waals surface area contributed by atoms with Gasteiger partial charge in [0.2, 0.25) is 0 Å². The molecule has 0 radical (unpaired) electrons. The lowest BCUT2D eigenvalue weighted by atomic mass is 9.89. The zero-order valence-corrected chi connectivity index (χ0v) is 34.8. The molecule has 63 heavy (non-hydrogen) atoms. The van der Waals surface area contributed by atoms with Crippen molar-refractivity contribution in [1.82, 2.24) is 0 Å². The molecular weight excluding hydrogens is 759 g/mol. The highest BCUT2D eigenvalue weighted by Crippen LogP contribution is 2.41. The molecule has 1 nitrogen and oxygen atoms in total. The monoisotopic (exact) mass is 801 g/mol. The van der Waals surface area contributed by atoms with Gasteiger partial charge in [0.1, 0.15) is 0 Å². The molecule has 0 unspecified atom stereocenters. The summed E-state index contributed by atoms with van der Waals surface area (Å²) in [4.78, 5) is 2.36. The maximum absolute atomic E-state index is 2.37. The molecule has 0 spiro atoms. The number of fused-ring (bicyclic) bond motifs is 2. The molecule has 0 aliphatic rings. The highest BCUT2D eigenvalue weighted by molar-refractivity contribution is 5.99. The number of rotatable bonds is 9. The smallest absolute Gasteiger partial charge is 0.0462 e. The summed E-state index contributed by atoms with van der Waals surface area (Å²) in [7, 11) is 0. The average Bonchev–Trinajstić information content (AvgIpc) is 3.37. The molecule has 296 valence electrons. The van der Waals surface area contributed by atoms with E-state index >= 15 is 0 Å². The van der Waals surface area contributed by atoms with Gasteiger partial charge in [0.25, 0.3) is 0 Å². The third kappa shape index (κ3) is 7.58. The van der Waals surface area contributed by atoms with Crippen molar-refractivity contribution in [3.8, 4) is 66.8 Å². The SMILES string of the molecule is c1ccc(-c2ccc(N(c3ccc(-c4ccc(-c5ccc6ccccc6c5)cc4)cc3)c3ccc(-c4cc(-c5cccc6ccccc56)ccc4-c4ccccc4)cc3)cc2)cc1. The van der Waals surface area contributed by atoms with Crippen LogP contribution in [-0.4, -0.2) is 0 Å². The Hall–Kier alpha value is -8.26. The Balaban J connectivity index is 0.956. The standard InChI is InChI=1S/C62H43N/c1-3-12-44(13-4-1)47-28-35-56(36-29-47)63(57-37-30-48(31-38-57)46-22-24-49(25-23-46)54-27-26-45-14-7-8-18-53(45)42-54)58-39-32-52(33-40-58)62-43-55(34-41-61(62)50-15-5-2-6-16-50)60-21-11-19-51-17-9-10-20-59(51)60/h1-43H. The van der Waals surface area contributed by atoms with Gasteiger partial charge >= 0.3 is 0 Å². The van der Waals surface area contributed by atoms with Gasteiger partial charge in [0.05, 0.1) is 0 Å². The fourth-order valence-corrected chi connectivity index (χ4v) is 8.99. The van der Waals surface area contributed by atoms with Crippen LogP contribution in [0.15, 0.2) is 261 Å². The van der Waals surface area contributed by atoms with Crippen molar-refractivity contribution in [2.75, 3.05) is 4.90 Å².